The van der Waals surface area contributed by atoms with Gasteiger partial charge in [-0.3, -0.25) is 0 Å². The molecular weight excluding hydrogens is 352 g/mol. The highest BCUT2D eigenvalue weighted by Crippen LogP contribution is 2.25. The monoisotopic (exact) mass is 380 g/mol. The number of benzene rings is 1. The van der Waals surface area contributed by atoms with Gasteiger partial charge in [-0.2, -0.15) is 0 Å². The van der Waals surface area contributed by atoms with Gasteiger partial charge in [0.05, 0.1) is 26.1 Å². The van der Waals surface area contributed by atoms with Gasteiger partial charge >= 0.3 is 0 Å². The number of hydrogen-bond acceptors (Lipinski definition) is 5. The molecule has 28 heavy (non-hydrogen) atoms. The summed E-state index contributed by atoms with van der Waals surface area (Å²) < 4.78 is 10.0. The van der Waals surface area contributed by atoms with Crippen molar-refractivity contribution in [2.45, 2.75) is 31.9 Å². The minimum absolute atomic E-state index is 0.428. The van der Waals surface area contributed by atoms with Gasteiger partial charge in [-0.15, -0.1) is 10.2 Å². The number of aromatic nitrogens is 5. The van der Waals surface area contributed by atoms with Crippen molar-refractivity contribution in [1.82, 2.24) is 29.2 Å². The zero-order valence-electron chi connectivity index (χ0n) is 16.4. The van der Waals surface area contributed by atoms with Gasteiger partial charge in [0.25, 0.3) is 0 Å². The van der Waals surface area contributed by atoms with Crippen LogP contribution in [0.3, 0.4) is 0 Å². The molecule has 148 valence electrons. The van der Waals surface area contributed by atoms with Crippen molar-refractivity contribution < 1.29 is 4.74 Å². The van der Waals surface area contributed by atoms with E-state index in [-0.39, 0.29) is 0 Å². The van der Waals surface area contributed by atoms with E-state index in [4.69, 9.17) is 4.74 Å². The molecule has 4 rings (SSSR count). The van der Waals surface area contributed by atoms with Gasteiger partial charge in [0.1, 0.15) is 5.82 Å². The molecule has 0 radical (unpaired) electrons. The van der Waals surface area contributed by atoms with E-state index in [0.29, 0.717) is 19.1 Å². The second-order valence-corrected chi connectivity index (χ2v) is 7.45. The Morgan fingerprint density at radius 3 is 2.89 bits per heavy atom. The molecule has 1 fully saturated rings. The van der Waals surface area contributed by atoms with Crippen molar-refractivity contribution >= 4 is 0 Å². The highest BCUT2D eigenvalue weighted by atomic mass is 16.5. The predicted molar refractivity (Wildman–Crippen MR) is 107 cm³/mol. The van der Waals surface area contributed by atoms with Crippen molar-refractivity contribution in [3.63, 3.8) is 0 Å². The first kappa shape index (κ1) is 18.8. The Kier molecular flexibility index (Phi) is 6.14. The molecule has 0 N–H and O–H groups in total. The molecule has 7 nitrogen and oxygen atoms in total. The molecule has 3 aromatic rings. The average Bonchev–Trinajstić information content (AvgIpc) is 3.37. The quantitative estimate of drug-likeness (QED) is 0.562. The lowest BCUT2D eigenvalue weighted by atomic mass is 9.97. The van der Waals surface area contributed by atoms with Crippen molar-refractivity contribution in [3.05, 3.63) is 66.3 Å². The van der Waals surface area contributed by atoms with Gasteiger partial charge in [0.15, 0.2) is 5.82 Å². The van der Waals surface area contributed by atoms with Crippen LogP contribution in [0.15, 0.2) is 49.1 Å². The summed E-state index contributed by atoms with van der Waals surface area (Å²) in [7, 11) is 2.07. The lowest BCUT2D eigenvalue weighted by Crippen LogP contribution is -2.37. The molecule has 0 amide bonds. The zero-order valence-corrected chi connectivity index (χ0v) is 16.4. The largest absolute Gasteiger partial charge is 0.375 e. The van der Waals surface area contributed by atoms with Crippen molar-refractivity contribution in [2.75, 3.05) is 26.2 Å². The Balaban J connectivity index is 1.28. The molecule has 1 atom stereocenters. The Hall–Kier alpha value is -2.51. The molecule has 1 saturated heterocycles. The maximum atomic E-state index is 5.87. The van der Waals surface area contributed by atoms with Gasteiger partial charge in [-0.1, -0.05) is 30.3 Å². The van der Waals surface area contributed by atoms with Crippen LogP contribution >= 0.6 is 0 Å². The third-order valence-electron chi connectivity index (χ3n) is 5.42. The molecule has 3 heterocycles. The van der Waals surface area contributed by atoms with Gasteiger partial charge in [-0.25, -0.2) is 4.98 Å². The summed E-state index contributed by atoms with van der Waals surface area (Å²) in [5.41, 5.74) is 1.23. The summed E-state index contributed by atoms with van der Waals surface area (Å²) in [6, 6.07) is 10.3. The lowest BCUT2D eigenvalue weighted by molar-refractivity contribution is 0.0821. The van der Waals surface area contributed by atoms with E-state index >= 15 is 0 Å². The van der Waals surface area contributed by atoms with Crippen LogP contribution in [-0.2, 0) is 24.9 Å². The first-order chi connectivity index (χ1) is 13.8. The second kappa shape index (κ2) is 9.12. The van der Waals surface area contributed by atoms with Crippen LogP contribution in [0.1, 0.15) is 36.0 Å². The molecule has 1 aromatic carbocycles. The maximum Gasteiger partial charge on any atom is 0.152 e. The van der Waals surface area contributed by atoms with E-state index in [9.17, 15) is 0 Å². The number of piperidine rings is 1. The number of ether oxygens (including phenoxy) is 1. The highest BCUT2D eigenvalue weighted by Gasteiger charge is 2.25. The van der Waals surface area contributed by atoms with E-state index in [1.165, 1.54) is 18.4 Å². The number of nitrogens with zero attached hydrogens (tertiary/aromatic N) is 6. The molecule has 2 aromatic heterocycles. The van der Waals surface area contributed by atoms with Crippen LogP contribution in [0.4, 0.5) is 0 Å². The SMILES string of the molecule is Cn1c(Cn2ccnc2)nnc1[C@H]1CCCN(CCOCc2ccccc2)C1. The Morgan fingerprint density at radius 2 is 2.07 bits per heavy atom. The Labute approximate surface area is 166 Å². The van der Waals surface area contributed by atoms with Crippen LogP contribution in [0.25, 0.3) is 0 Å². The zero-order chi connectivity index (χ0) is 19.2. The lowest BCUT2D eigenvalue weighted by Gasteiger charge is -2.32. The number of rotatable bonds is 8. The highest BCUT2D eigenvalue weighted by molar-refractivity contribution is 5.13. The van der Waals surface area contributed by atoms with Crippen LogP contribution in [0, 0.1) is 0 Å². The minimum atomic E-state index is 0.428. The van der Waals surface area contributed by atoms with Crippen LogP contribution < -0.4 is 0 Å². The van der Waals surface area contributed by atoms with E-state index in [2.05, 4.69) is 56.0 Å². The summed E-state index contributed by atoms with van der Waals surface area (Å²) in [6.07, 6.45) is 7.90. The summed E-state index contributed by atoms with van der Waals surface area (Å²) in [4.78, 5) is 6.59. The second-order valence-electron chi connectivity index (χ2n) is 7.45. The summed E-state index contributed by atoms with van der Waals surface area (Å²) in [6.45, 7) is 5.25. The molecule has 0 saturated carbocycles. The molecule has 0 aliphatic carbocycles. The van der Waals surface area contributed by atoms with E-state index in [0.717, 1.165) is 37.9 Å². The van der Waals surface area contributed by atoms with E-state index < -0.39 is 0 Å². The fourth-order valence-electron chi connectivity index (χ4n) is 3.84. The summed E-state index contributed by atoms with van der Waals surface area (Å²) >= 11 is 0. The molecular formula is C21H28N6O. The van der Waals surface area contributed by atoms with Gasteiger partial charge in [0.2, 0.25) is 0 Å². The molecule has 0 bridgehead atoms. The normalized spacial score (nSPS) is 17.8. The maximum absolute atomic E-state index is 5.87. The fourth-order valence-corrected chi connectivity index (χ4v) is 3.84. The predicted octanol–water partition coefficient (Wildman–Crippen LogP) is 2.46. The topological polar surface area (TPSA) is 61.0 Å². The Morgan fingerprint density at radius 1 is 1.18 bits per heavy atom. The smallest absolute Gasteiger partial charge is 0.152 e. The van der Waals surface area contributed by atoms with Crippen molar-refractivity contribution in [3.8, 4) is 0 Å². The average molecular weight is 380 g/mol. The first-order valence-corrected chi connectivity index (χ1v) is 9.97. The third-order valence-corrected chi connectivity index (χ3v) is 5.42. The van der Waals surface area contributed by atoms with E-state index in [1.54, 1.807) is 6.20 Å². The number of hydrogen-bond donors (Lipinski definition) is 0. The molecule has 1 aliphatic heterocycles. The summed E-state index contributed by atoms with van der Waals surface area (Å²) in [5, 5.41) is 8.93. The van der Waals surface area contributed by atoms with Crippen LogP contribution in [-0.4, -0.2) is 55.5 Å². The fraction of sp³-hybridized carbons (Fsp3) is 0.476. The van der Waals surface area contributed by atoms with Crippen molar-refractivity contribution in [2.24, 2.45) is 7.05 Å². The third kappa shape index (κ3) is 4.66. The minimum Gasteiger partial charge on any atom is -0.375 e. The number of likely N-dealkylation sites (tertiary alicyclic amines) is 1. The van der Waals surface area contributed by atoms with Gasteiger partial charge in [-0.05, 0) is 24.9 Å². The van der Waals surface area contributed by atoms with Crippen LogP contribution in [0.5, 0.6) is 0 Å². The van der Waals surface area contributed by atoms with Gasteiger partial charge < -0.3 is 18.8 Å². The molecule has 1 aliphatic rings. The Bertz CT molecular complexity index is 845. The number of imidazole rings is 1. The molecule has 7 heteroatoms. The van der Waals surface area contributed by atoms with Crippen molar-refractivity contribution in [1.29, 1.82) is 0 Å². The molecule has 0 spiro atoms. The molecule has 0 unspecified atom stereocenters. The van der Waals surface area contributed by atoms with Crippen LogP contribution in [0.2, 0.25) is 0 Å². The van der Waals surface area contributed by atoms with E-state index in [1.807, 2.05) is 23.2 Å². The standard InChI is InChI=1S/C21H28N6O/c1-25-20(15-27-11-9-22-17-27)23-24-21(25)19-8-5-10-26(14-19)12-13-28-16-18-6-3-2-4-7-18/h2-4,6-7,9,11,17,19H,5,8,10,12-16H2,1H3/t19-/m0/s1. The first-order valence-electron chi connectivity index (χ1n) is 9.97. The van der Waals surface area contributed by atoms with Gasteiger partial charge in [0, 0.05) is 38.4 Å². The summed E-state index contributed by atoms with van der Waals surface area (Å²) in [5.74, 6) is 2.48.